The minimum atomic E-state index is -0.269. The lowest BCUT2D eigenvalue weighted by Crippen LogP contribution is -2.39. The normalized spacial score (nSPS) is 16.8. The van der Waals surface area contributed by atoms with Crippen LogP contribution in [0.1, 0.15) is 34.8 Å². The Labute approximate surface area is 162 Å². The van der Waals surface area contributed by atoms with Gasteiger partial charge in [-0.1, -0.05) is 12.1 Å². The Morgan fingerprint density at radius 2 is 1.96 bits per heavy atom. The zero-order valence-electron chi connectivity index (χ0n) is 15.5. The number of nitrogens with zero attached hydrogens (tertiary/aromatic N) is 4. The molecule has 0 radical (unpaired) electrons. The van der Waals surface area contributed by atoms with Gasteiger partial charge in [-0.15, -0.1) is 0 Å². The van der Waals surface area contributed by atoms with Crippen LogP contribution in [-0.2, 0) is 0 Å². The second-order valence-corrected chi connectivity index (χ2v) is 6.84. The van der Waals surface area contributed by atoms with E-state index in [4.69, 9.17) is 0 Å². The summed E-state index contributed by atoms with van der Waals surface area (Å²) in [5.74, 6) is 0.275. The van der Waals surface area contributed by atoms with Crippen LogP contribution in [-0.4, -0.2) is 51.1 Å². The lowest BCUT2D eigenvalue weighted by Gasteiger charge is -2.32. The number of rotatable bonds is 4. The van der Waals surface area contributed by atoms with Gasteiger partial charge in [0.25, 0.3) is 5.91 Å². The maximum absolute atomic E-state index is 13.3. The number of hydrogen-bond acceptors (Lipinski definition) is 5. The predicted octanol–water partition coefficient (Wildman–Crippen LogP) is 3.07. The molecule has 3 heterocycles. The van der Waals surface area contributed by atoms with Crippen molar-refractivity contribution in [3.05, 3.63) is 59.9 Å². The smallest absolute Gasteiger partial charge is 0.257 e. The molecule has 1 aliphatic heterocycles. The maximum Gasteiger partial charge on any atom is 0.257 e. The molecule has 4 rings (SSSR count). The molecule has 2 N–H and O–H groups in total. The Balaban J connectivity index is 1.53. The van der Waals surface area contributed by atoms with Crippen LogP contribution in [0.3, 0.4) is 0 Å². The van der Waals surface area contributed by atoms with Crippen molar-refractivity contribution in [2.75, 3.05) is 25.5 Å². The molecule has 8 heteroatoms. The van der Waals surface area contributed by atoms with E-state index >= 15 is 0 Å². The number of aromatic amines is 1. The Morgan fingerprint density at radius 1 is 1.21 bits per heavy atom. The summed E-state index contributed by atoms with van der Waals surface area (Å²) in [5, 5.41) is 10.1. The largest absolute Gasteiger partial charge is 0.357 e. The fourth-order valence-electron chi connectivity index (χ4n) is 3.61. The number of benzene rings is 1. The first kappa shape index (κ1) is 18.1. The van der Waals surface area contributed by atoms with Gasteiger partial charge < -0.3 is 10.2 Å². The highest BCUT2D eigenvalue weighted by molar-refractivity contribution is 5.93. The first-order valence-electron chi connectivity index (χ1n) is 9.24. The standard InChI is InChI=1S/C20H21FN6O/c1-22-20-23-9-15(10-24-20)19(28)27-8-2-3-14(12-27)18-17(11-25-26-18)13-4-6-16(21)7-5-13/h4-7,9-11,14H,2-3,8,12H2,1H3,(H,25,26)(H,22,23,24)/t14-/m0/s1. The molecule has 0 unspecified atom stereocenters. The zero-order chi connectivity index (χ0) is 19.5. The number of halogens is 1. The molecule has 1 amide bonds. The second-order valence-electron chi connectivity index (χ2n) is 6.84. The molecule has 28 heavy (non-hydrogen) atoms. The van der Waals surface area contributed by atoms with E-state index in [-0.39, 0.29) is 17.6 Å². The van der Waals surface area contributed by atoms with Crippen LogP contribution >= 0.6 is 0 Å². The molecule has 0 bridgehead atoms. The fourth-order valence-corrected chi connectivity index (χ4v) is 3.61. The molecule has 0 spiro atoms. The third-order valence-corrected chi connectivity index (χ3v) is 5.06. The van der Waals surface area contributed by atoms with Crippen molar-refractivity contribution in [1.29, 1.82) is 0 Å². The van der Waals surface area contributed by atoms with Gasteiger partial charge in [0.15, 0.2) is 0 Å². The number of H-pyrrole nitrogens is 1. The number of likely N-dealkylation sites (tertiary alicyclic amines) is 1. The van der Waals surface area contributed by atoms with E-state index in [1.807, 2.05) is 4.90 Å². The van der Waals surface area contributed by atoms with Crippen LogP contribution in [0.4, 0.5) is 10.3 Å². The van der Waals surface area contributed by atoms with E-state index in [0.717, 1.165) is 29.7 Å². The summed E-state index contributed by atoms with van der Waals surface area (Å²) >= 11 is 0. The van der Waals surface area contributed by atoms with Crippen LogP contribution in [0.25, 0.3) is 11.1 Å². The van der Waals surface area contributed by atoms with Crippen molar-refractivity contribution in [2.24, 2.45) is 0 Å². The van der Waals surface area contributed by atoms with E-state index in [9.17, 15) is 9.18 Å². The molecule has 1 fully saturated rings. The maximum atomic E-state index is 13.3. The molecule has 2 aromatic heterocycles. The van der Waals surface area contributed by atoms with Crippen LogP contribution in [0, 0.1) is 5.82 Å². The second kappa shape index (κ2) is 7.75. The summed E-state index contributed by atoms with van der Waals surface area (Å²) in [5.41, 5.74) is 3.31. The predicted molar refractivity (Wildman–Crippen MR) is 103 cm³/mol. The zero-order valence-corrected chi connectivity index (χ0v) is 15.5. The van der Waals surface area contributed by atoms with E-state index in [1.54, 1.807) is 37.8 Å². The van der Waals surface area contributed by atoms with Gasteiger partial charge in [-0.3, -0.25) is 9.89 Å². The topological polar surface area (TPSA) is 86.8 Å². The van der Waals surface area contributed by atoms with Crippen molar-refractivity contribution in [2.45, 2.75) is 18.8 Å². The number of hydrogen-bond donors (Lipinski definition) is 2. The number of piperidine rings is 1. The summed E-state index contributed by atoms with van der Waals surface area (Å²) in [4.78, 5) is 23.0. The van der Waals surface area contributed by atoms with Crippen molar-refractivity contribution < 1.29 is 9.18 Å². The van der Waals surface area contributed by atoms with Crippen LogP contribution < -0.4 is 5.32 Å². The quantitative estimate of drug-likeness (QED) is 0.726. The van der Waals surface area contributed by atoms with Gasteiger partial charge in [0.2, 0.25) is 5.95 Å². The average molecular weight is 380 g/mol. The lowest BCUT2D eigenvalue weighted by molar-refractivity contribution is 0.0705. The molecule has 1 aliphatic rings. The van der Waals surface area contributed by atoms with Crippen LogP contribution in [0.2, 0.25) is 0 Å². The first-order valence-corrected chi connectivity index (χ1v) is 9.24. The Kier molecular flexibility index (Phi) is 5.01. The molecule has 3 aromatic rings. The fraction of sp³-hybridized carbons (Fsp3) is 0.300. The van der Waals surface area contributed by atoms with Gasteiger partial charge in [-0.25, -0.2) is 14.4 Å². The molecular formula is C20H21FN6O. The molecule has 1 aromatic carbocycles. The third-order valence-electron chi connectivity index (χ3n) is 5.06. The Bertz CT molecular complexity index is 954. The van der Waals surface area contributed by atoms with Crippen molar-refractivity contribution in [3.8, 4) is 11.1 Å². The highest BCUT2D eigenvalue weighted by Crippen LogP contribution is 2.33. The van der Waals surface area contributed by atoms with E-state index in [0.29, 0.717) is 24.6 Å². The number of nitrogens with one attached hydrogen (secondary N) is 2. The van der Waals surface area contributed by atoms with Crippen molar-refractivity contribution in [1.82, 2.24) is 25.1 Å². The summed E-state index contributed by atoms with van der Waals surface area (Å²) in [6, 6.07) is 6.38. The Morgan fingerprint density at radius 3 is 2.68 bits per heavy atom. The molecule has 0 saturated carbocycles. The molecular weight excluding hydrogens is 359 g/mol. The number of amides is 1. The van der Waals surface area contributed by atoms with Gasteiger partial charge in [0.1, 0.15) is 5.82 Å². The highest BCUT2D eigenvalue weighted by atomic mass is 19.1. The van der Waals surface area contributed by atoms with Crippen molar-refractivity contribution in [3.63, 3.8) is 0 Å². The summed E-state index contributed by atoms with van der Waals surface area (Å²) in [6.07, 6.45) is 6.70. The minimum Gasteiger partial charge on any atom is -0.357 e. The molecule has 7 nitrogen and oxygen atoms in total. The molecule has 1 atom stereocenters. The average Bonchev–Trinajstić information content (AvgIpc) is 3.24. The molecule has 0 aliphatic carbocycles. The SMILES string of the molecule is CNc1ncc(C(=O)N2CCC[C@H](c3[nH]ncc3-c3ccc(F)cc3)C2)cn1. The summed E-state index contributed by atoms with van der Waals surface area (Å²) < 4.78 is 13.3. The van der Waals surface area contributed by atoms with Crippen LogP contribution in [0.15, 0.2) is 42.9 Å². The number of carbonyl (C=O) groups is 1. The van der Waals surface area contributed by atoms with E-state index in [1.165, 1.54) is 12.1 Å². The molecule has 144 valence electrons. The highest BCUT2D eigenvalue weighted by Gasteiger charge is 2.28. The monoisotopic (exact) mass is 380 g/mol. The lowest BCUT2D eigenvalue weighted by atomic mass is 9.90. The molecule has 1 saturated heterocycles. The number of aromatic nitrogens is 4. The minimum absolute atomic E-state index is 0.0739. The van der Waals surface area contributed by atoms with Crippen LogP contribution in [0.5, 0.6) is 0 Å². The Hall–Kier alpha value is -3.29. The van der Waals surface area contributed by atoms with E-state index in [2.05, 4.69) is 25.5 Å². The van der Waals surface area contributed by atoms with E-state index < -0.39 is 0 Å². The summed E-state index contributed by atoms with van der Waals surface area (Å²) in [7, 11) is 1.73. The number of anilines is 1. The third kappa shape index (κ3) is 3.58. The van der Waals surface area contributed by atoms with Gasteiger partial charge in [0.05, 0.1) is 11.8 Å². The van der Waals surface area contributed by atoms with Gasteiger partial charge in [-0.2, -0.15) is 5.10 Å². The first-order chi connectivity index (χ1) is 13.7. The summed E-state index contributed by atoms with van der Waals surface area (Å²) in [6.45, 7) is 1.28. The van der Waals surface area contributed by atoms with Crippen molar-refractivity contribution >= 4 is 11.9 Å². The van der Waals surface area contributed by atoms with Gasteiger partial charge in [-0.05, 0) is 30.5 Å². The van der Waals surface area contributed by atoms with Gasteiger partial charge >= 0.3 is 0 Å². The number of carbonyl (C=O) groups excluding carboxylic acids is 1. The van der Waals surface area contributed by atoms with Gasteiger partial charge in [0, 0.05) is 49.7 Å².